The van der Waals surface area contributed by atoms with Gasteiger partial charge in [0.15, 0.2) is 5.82 Å². The smallest absolute Gasteiger partial charge is 0.259 e. The third-order valence-corrected chi connectivity index (χ3v) is 4.92. The quantitative estimate of drug-likeness (QED) is 0.532. The summed E-state index contributed by atoms with van der Waals surface area (Å²) in [7, 11) is 1.82. The van der Waals surface area contributed by atoms with E-state index in [1.165, 1.54) is 0 Å². The van der Waals surface area contributed by atoms with Crippen molar-refractivity contribution in [3.8, 4) is 17.4 Å². The minimum absolute atomic E-state index is 0.192. The zero-order valence-corrected chi connectivity index (χ0v) is 18.0. The Hall–Kier alpha value is -4.01. The number of rotatable bonds is 5. The van der Waals surface area contributed by atoms with Crippen LogP contribution in [0, 0.1) is 27.7 Å². The number of aryl methyl sites for hydroxylation is 4. The maximum Gasteiger partial charge on any atom is 0.259 e. The molecule has 0 bridgehead atoms. The molecule has 1 N–H and O–H groups in total. The minimum Gasteiger partial charge on any atom is -0.438 e. The maximum absolute atomic E-state index is 12.6. The van der Waals surface area contributed by atoms with Crippen molar-refractivity contribution in [2.24, 2.45) is 7.05 Å². The molecule has 0 fully saturated rings. The van der Waals surface area contributed by atoms with Crippen molar-refractivity contribution < 1.29 is 9.53 Å². The zero-order chi connectivity index (χ0) is 22.1. The maximum atomic E-state index is 12.6. The fourth-order valence-corrected chi connectivity index (χ4v) is 3.36. The topological polar surface area (TPSA) is 99.8 Å². The Morgan fingerprint density at radius 3 is 2.26 bits per heavy atom. The van der Waals surface area contributed by atoms with Crippen LogP contribution in [0.3, 0.4) is 0 Å². The second-order valence-electron chi connectivity index (χ2n) is 7.32. The van der Waals surface area contributed by atoms with Gasteiger partial charge in [-0.05, 0) is 64.1 Å². The van der Waals surface area contributed by atoms with Crippen LogP contribution in [0.5, 0.6) is 11.6 Å². The lowest BCUT2D eigenvalue weighted by Crippen LogP contribution is -2.14. The normalized spacial score (nSPS) is 10.9. The van der Waals surface area contributed by atoms with E-state index < -0.39 is 0 Å². The summed E-state index contributed by atoms with van der Waals surface area (Å²) in [5.41, 5.74) is 4.65. The molecule has 0 saturated carbocycles. The number of nitrogens with zero attached hydrogens (tertiary/aromatic N) is 6. The molecule has 0 unspecified atom stereocenters. The van der Waals surface area contributed by atoms with Gasteiger partial charge in [0.2, 0.25) is 5.88 Å². The summed E-state index contributed by atoms with van der Waals surface area (Å²) in [4.78, 5) is 12.6. The van der Waals surface area contributed by atoms with Crippen LogP contribution in [0.2, 0.25) is 0 Å². The van der Waals surface area contributed by atoms with Gasteiger partial charge < -0.3 is 10.1 Å². The molecule has 3 heterocycles. The third-order valence-electron chi connectivity index (χ3n) is 4.92. The first-order chi connectivity index (χ1) is 14.8. The van der Waals surface area contributed by atoms with Crippen LogP contribution in [0.4, 0.5) is 5.69 Å². The van der Waals surface area contributed by atoms with Gasteiger partial charge in [-0.2, -0.15) is 10.2 Å². The Bertz CT molecular complexity index is 1240. The van der Waals surface area contributed by atoms with E-state index in [0.29, 0.717) is 34.4 Å². The molecule has 1 amide bonds. The molecule has 0 aliphatic rings. The number of hydrogen-bond donors (Lipinski definition) is 1. The number of benzene rings is 1. The van der Waals surface area contributed by atoms with E-state index in [1.54, 1.807) is 45.8 Å². The van der Waals surface area contributed by atoms with E-state index in [0.717, 1.165) is 17.1 Å². The molecular weight excluding hydrogens is 394 g/mol. The van der Waals surface area contributed by atoms with E-state index in [-0.39, 0.29) is 5.91 Å². The first-order valence-corrected chi connectivity index (χ1v) is 9.78. The summed E-state index contributed by atoms with van der Waals surface area (Å²) < 4.78 is 9.19. The highest BCUT2D eigenvalue weighted by Crippen LogP contribution is 2.23. The Balaban J connectivity index is 1.43. The van der Waals surface area contributed by atoms with E-state index in [1.807, 2.05) is 40.8 Å². The molecule has 4 aromatic rings. The van der Waals surface area contributed by atoms with Gasteiger partial charge in [0.1, 0.15) is 5.75 Å². The van der Waals surface area contributed by atoms with Gasteiger partial charge in [-0.1, -0.05) is 0 Å². The van der Waals surface area contributed by atoms with Crippen molar-refractivity contribution in [1.82, 2.24) is 29.8 Å². The number of amides is 1. The van der Waals surface area contributed by atoms with Crippen molar-refractivity contribution in [2.75, 3.05) is 5.32 Å². The van der Waals surface area contributed by atoms with Gasteiger partial charge >= 0.3 is 0 Å². The molecule has 0 atom stereocenters. The second-order valence-corrected chi connectivity index (χ2v) is 7.32. The molecule has 9 nitrogen and oxygen atoms in total. The molecule has 0 spiro atoms. The average molecular weight is 417 g/mol. The van der Waals surface area contributed by atoms with Gasteiger partial charge in [-0.3, -0.25) is 9.48 Å². The average Bonchev–Trinajstić information content (AvgIpc) is 3.20. The molecule has 0 saturated heterocycles. The summed E-state index contributed by atoms with van der Waals surface area (Å²) in [6, 6.07) is 12.6. The highest BCUT2D eigenvalue weighted by atomic mass is 16.5. The number of ether oxygens (including phenoxy) is 1. The number of carbonyl (C=O) groups is 1. The van der Waals surface area contributed by atoms with Crippen molar-refractivity contribution >= 4 is 11.6 Å². The fraction of sp³-hybridized carbons (Fsp3) is 0.227. The number of nitrogens with one attached hydrogen (secondary N) is 1. The third kappa shape index (κ3) is 4.16. The van der Waals surface area contributed by atoms with Gasteiger partial charge in [0.05, 0.1) is 17.0 Å². The van der Waals surface area contributed by atoms with Crippen LogP contribution in [0.15, 0.2) is 42.5 Å². The van der Waals surface area contributed by atoms with E-state index in [9.17, 15) is 4.79 Å². The van der Waals surface area contributed by atoms with Gasteiger partial charge in [0, 0.05) is 30.2 Å². The van der Waals surface area contributed by atoms with Crippen molar-refractivity contribution in [2.45, 2.75) is 27.7 Å². The van der Waals surface area contributed by atoms with Crippen LogP contribution in [0.25, 0.3) is 5.82 Å². The summed E-state index contributed by atoms with van der Waals surface area (Å²) in [5, 5.41) is 19.9. The van der Waals surface area contributed by atoms with Crippen molar-refractivity contribution in [3.05, 3.63) is 70.8 Å². The predicted molar refractivity (Wildman–Crippen MR) is 116 cm³/mol. The number of aromatic nitrogens is 6. The van der Waals surface area contributed by atoms with E-state index >= 15 is 0 Å². The zero-order valence-electron chi connectivity index (χ0n) is 18.0. The fourth-order valence-electron chi connectivity index (χ4n) is 3.36. The van der Waals surface area contributed by atoms with Crippen LogP contribution in [-0.4, -0.2) is 35.7 Å². The van der Waals surface area contributed by atoms with Crippen LogP contribution in [-0.2, 0) is 7.05 Å². The summed E-state index contributed by atoms with van der Waals surface area (Å²) in [5.74, 6) is 1.38. The Morgan fingerprint density at radius 2 is 1.71 bits per heavy atom. The van der Waals surface area contributed by atoms with Gasteiger partial charge in [-0.15, -0.1) is 10.2 Å². The van der Waals surface area contributed by atoms with Crippen molar-refractivity contribution in [1.29, 1.82) is 0 Å². The Labute approximate surface area is 179 Å². The van der Waals surface area contributed by atoms with E-state index in [2.05, 4.69) is 25.7 Å². The largest absolute Gasteiger partial charge is 0.438 e. The highest BCUT2D eigenvalue weighted by molar-refractivity contribution is 6.05. The first-order valence-electron chi connectivity index (χ1n) is 9.78. The lowest BCUT2D eigenvalue weighted by molar-refractivity contribution is 0.102. The first kappa shape index (κ1) is 20.3. The molecule has 9 heteroatoms. The molecule has 1 aromatic carbocycles. The predicted octanol–water partition coefficient (Wildman–Crippen LogP) is 3.67. The monoisotopic (exact) mass is 417 g/mol. The lowest BCUT2D eigenvalue weighted by Gasteiger charge is -2.08. The van der Waals surface area contributed by atoms with Gasteiger partial charge in [0.25, 0.3) is 5.91 Å². The van der Waals surface area contributed by atoms with Gasteiger partial charge in [-0.25, -0.2) is 4.68 Å². The molecule has 0 radical (unpaired) electrons. The Morgan fingerprint density at radius 1 is 0.968 bits per heavy atom. The van der Waals surface area contributed by atoms with Crippen LogP contribution in [0.1, 0.15) is 33.1 Å². The summed E-state index contributed by atoms with van der Waals surface area (Å²) in [6.07, 6.45) is 0. The number of carbonyl (C=O) groups excluding carboxylic acids is 1. The summed E-state index contributed by atoms with van der Waals surface area (Å²) in [6.45, 7) is 7.58. The SMILES string of the molecule is Cc1cc(C)n(-c2ccc(Oc3ccc(NC(=O)c4c(C)nn(C)c4C)cc3)nn2)n1. The highest BCUT2D eigenvalue weighted by Gasteiger charge is 2.17. The molecule has 3 aromatic heterocycles. The minimum atomic E-state index is -0.192. The molecule has 31 heavy (non-hydrogen) atoms. The number of anilines is 1. The van der Waals surface area contributed by atoms with Crippen LogP contribution >= 0.6 is 0 Å². The van der Waals surface area contributed by atoms with Crippen LogP contribution < -0.4 is 10.1 Å². The second kappa shape index (κ2) is 8.02. The molecule has 4 rings (SSSR count). The number of hydrogen-bond acceptors (Lipinski definition) is 6. The standard InChI is InChI=1S/C22H23N7O2/c1-13-12-14(2)29(26-13)19-10-11-20(25-24-19)31-18-8-6-17(7-9-18)23-22(30)21-15(3)27-28(5)16(21)4/h6-12H,1-5H3,(H,23,30). The molecule has 0 aliphatic carbocycles. The van der Waals surface area contributed by atoms with E-state index in [4.69, 9.17) is 4.74 Å². The summed E-state index contributed by atoms with van der Waals surface area (Å²) >= 11 is 0. The Kier molecular flexibility index (Phi) is 5.24. The molecule has 0 aliphatic heterocycles. The molecule has 158 valence electrons. The lowest BCUT2D eigenvalue weighted by atomic mass is 10.2. The van der Waals surface area contributed by atoms with Crippen molar-refractivity contribution in [3.63, 3.8) is 0 Å². The molecular formula is C22H23N7O2.